The van der Waals surface area contributed by atoms with Crippen molar-refractivity contribution in [1.82, 2.24) is 0 Å². The summed E-state index contributed by atoms with van der Waals surface area (Å²) < 4.78 is 12.2. The standard InChI is InChI=1S/C6H11FO/c7-5-1-3-6(8)4-2-5/h5-6,8H,1-4H2. The fourth-order valence-corrected chi connectivity index (χ4v) is 1.04. The van der Waals surface area contributed by atoms with Crippen molar-refractivity contribution in [2.75, 3.05) is 0 Å². The topological polar surface area (TPSA) is 20.2 Å². The molecule has 0 amide bonds. The Bertz CT molecular complexity index is 56.9. The Morgan fingerprint density at radius 3 is 2.00 bits per heavy atom. The molecule has 1 saturated carbocycles. The van der Waals surface area contributed by atoms with E-state index in [-0.39, 0.29) is 6.10 Å². The maximum atomic E-state index is 12.2. The lowest BCUT2D eigenvalue weighted by Gasteiger charge is -2.18. The Labute approximate surface area is 48.5 Å². The third-order valence-corrected chi connectivity index (χ3v) is 1.63. The van der Waals surface area contributed by atoms with Crippen LogP contribution in [-0.4, -0.2) is 17.4 Å². The zero-order valence-electron chi connectivity index (χ0n) is 4.81. The lowest BCUT2D eigenvalue weighted by Crippen LogP contribution is -2.18. The summed E-state index contributed by atoms with van der Waals surface area (Å²) in [7, 11) is 0. The zero-order chi connectivity index (χ0) is 5.98. The van der Waals surface area contributed by atoms with Crippen molar-refractivity contribution < 1.29 is 9.50 Å². The van der Waals surface area contributed by atoms with Crippen molar-refractivity contribution in [3.8, 4) is 0 Å². The first kappa shape index (κ1) is 6.02. The van der Waals surface area contributed by atoms with Crippen LogP contribution in [0.2, 0.25) is 0 Å². The quantitative estimate of drug-likeness (QED) is 0.507. The molecule has 2 heteroatoms. The number of rotatable bonds is 0. The van der Waals surface area contributed by atoms with Gasteiger partial charge >= 0.3 is 0 Å². The Morgan fingerprint density at radius 1 is 1.12 bits per heavy atom. The largest absolute Gasteiger partial charge is 0.393 e. The Balaban J connectivity index is 2.19. The number of aliphatic hydroxyl groups excluding tert-OH is 1. The summed E-state index contributed by atoms with van der Waals surface area (Å²) in [5, 5.41) is 8.86. The highest BCUT2D eigenvalue weighted by atomic mass is 19.1. The number of halogens is 1. The smallest absolute Gasteiger partial charge is 0.100 e. The summed E-state index contributed by atoms with van der Waals surface area (Å²) in [6, 6.07) is 0. The summed E-state index contributed by atoms with van der Waals surface area (Å²) in [5.41, 5.74) is 0. The number of alkyl halides is 1. The normalized spacial score (nSPS) is 39.8. The fraction of sp³-hybridized carbons (Fsp3) is 1.00. The third kappa shape index (κ3) is 1.44. The molecule has 48 valence electrons. The number of aliphatic hydroxyl groups is 1. The van der Waals surface area contributed by atoms with Gasteiger partial charge in [0.1, 0.15) is 6.17 Å². The summed E-state index contributed by atoms with van der Waals surface area (Å²) >= 11 is 0. The molecule has 0 bridgehead atoms. The van der Waals surface area contributed by atoms with E-state index < -0.39 is 6.17 Å². The molecule has 0 atom stereocenters. The fourth-order valence-electron chi connectivity index (χ4n) is 1.04. The molecule has 0 spiro atoms. The van der Waals surface area contributed by atoms with E-state index >= 15 is 0 Å². The summed E-state index contributed by atoms with van der Waals surface area (Å²) in [4.78, 5) is 0. The molecule has 0 radical (unpaired) electrons. The van der Waals surface area contributed by atoms with Crippen LogP contribution >= 0.6 is 0 Å². The van der Waals surface area contributed by atoms with E-state index in [2.05, 4.69) is 0 Å². The van der Waals surface area contributed by atoms with E-state index in [1.54, 1.807) is 0 Å². The number of hydrogen-bond donors (Lipinski definition) is 1. The SMILES string of the molecule is OC1CCC(F)CC1. The molecule has 0 aromatic carbocycles. The maximum absolute atomic E-state index is 12.2. The first-order valence-corrected chi connectivity index (χ1v) is 3.11. The zero-order valence-corrected chi connectivity index (χ0v) is 4.81. The molecule has 8 heavy (non-hydrogen) atoms. The van der Waals surface area contributed by atoms with E-state index in [0.717, 1.165) is 0 Å². The highest BCUT2D eigenvalue weighted by molar-refractivity contribution is 4.69. The highest BCUT2D eigenvalue weighted by Gasteiger charge is 2.17. The molecule has 1 nitrogen and oxygen atoms in total. The van der Waals surface area contributed by atoms with Gasteiger partial charge in [0.05, 0.1) is 6.10 Å². The van der Waals surface area contributed by atoms with Crippen molar-refractivity contribution in [1.29, 1.82) is 0 Å². The van der Waals surface area contributed by atoms with Gasteiger partial charge in [0.15, 0.2) is 0 Å². The average molecular weight is 118 g/mol. The van der Waals surface area contributed by atoms with E-state index in [1.807, 2.05) is 0 Å². The van der Waals surface area contributed by atoms with Crippen molar-refractivity contribution in [3.05, 3.63) is 0 Å². The minimum atomic E-state index is -0.640. The predicted octanol–water partition coefficient (Wildman–Crippen LogP) is 1.26. The molecule has 1 rings (SSSR count). The minimum Gasteiger partial charge on any atom is -0.393 e. The van der Waals surface area contributed by atoms with Gasteiger partial charge in [-0.05, 0) is 25.7 Å². The third-order valence-electron chi connectivity index (χ3n) is 1.63. The molecule has 0 heterocycles. The van der Waals surface area contributed by atoms with Gasteiger partial charge in [-0.2, -0.15) is 0 Å². The van der Waals surface area contributed by atoms with Gasteiger partial charge in [-0.15, -0.1) is 0 Å². The van der Waals surface area contributed by atoms with Gasteiger partial charge < -0.3 is 5.11 Å². The molecule has 1 aliphatic rings. The van der Waals surface area contributed by atoms with Crippen molar-refractivity contribution in [2.24, 2.45) is 0 Å². The second kappa shape index (κ2) is 2.44. The van der Waals surface area contributed by atoms with Crippen LogP contribution in [0.4, 0.5) is 4.39 Å². The van der Waals surface area contributed by atoms with Crippen LogP contribution in [0.3, 0.4) is 0 Å². The minimum absolute atomic E-state index is 0.220. The average Bonchev–Trinajstić information content (AvgIpc) is 1.77. The second-order valence-electron chi connectivity index (χ2n) is 2.41. The maximum Gasteiger partial charge on any atom is 0.100 e. The van der Waals surface area contributed by atoms with E-state index in [0.29, 0.717) is 25.7 Å². The van der Waals surface area contributed by atoms with Gasteiger partial charge in [-0.3, -0.25) is 0 Å². The monoisotopic (exact) mass is 118 g/mol. The van der Waals surface area contributed by atoms with Crippen LogP contribution in [0, 0.1) is 0 Å². The number of hydrogen-bond acceptors (Lipinski definition) is 1. The Morgan fingerprint density at radius 2 is 1.62 bits per heavy atom. The first-order chi connectivity index (χ1) is 3.79. The molecule has 1 N–H and O–H groups in total. The van der Waals surface area contributed by atoms with Crippen LogP contribution in [0.5, 0.6) is 0 Å². The van der Waals surface area contributed by atoms with Crippen LogP contribution in [-0.2, 0) is 0 Å². The molecule has 1 aliphatic carbocycles. The van der Waals surface area contributed by atoms with E-state index in [4.69, 9.17) is 5.11 Å². The van der Waals surface area contributed by atoms with Gasteiger partial charge in [-0.1, -0.05) is 0 Å². The highest BCUT2D eigenvalue weighted by Crippen LogP contribution is 2.20. The molecule has 0 aromatic heterocycles. The van der Waals surface area contributed by atoms with Crippen molar-refractivity contribution in [2.45, 2.75) is 38.0 Å². The van der Waals surface area contributed by atoms with Crippen LogP contribution < -0.4 is 0 Å². The van der Waals surface area contributed by atoms with Crippen LogP contribution in [0.15, 0.2) is 0 Å². The Kier molecular flexibility index (Phi) is 1.84. The van der Waals surface area contributed by atoms with Crippen molar-refractivity contribution in [3.63, 3.8) is 0 Å². The second-order valence-corrected chi connectivity index (χ2v) is 2.41. The van der Waals surface area contributed by atoms with Gasteiger partial charge in [0, 0.05) is 0 Å². The predicted molar refractivity (Wildman–Crippen MR) is 29.4 cm³/mol. The van der Waals surface area contributed by atoms with Gasteiger partial charge in [-0.25, -0.2) is 4.39 Å². The van der Waals surface area contributed by atoms with Crippen LogP contribution in [0.1, 0.15) is 25.7 Å². The lowest BCUT2D eigenvalue weighted by atomic mass is 9.96. The summed E-state index contributed by atoms with van der Waals surface area (Å²) in [5.74, 6) is 0. The Hall–Kier alpha value is -0.110. The van der Waals surface area contributed by atoms with E-state index in [9.17, 15) is 4.39 Å². The summed E-state index contributed by atoms with van der Waals surface area (Å²) in [6.45, 7) is 0. The van der Waals surface area contributed by atoms with Crippen molar-refractivity contribution >= 4 is 0 Å². The molecule has 0 saturated heterocycles. The molecule has 0 unspecified atom stereocenters. The summed E-state index contributed by atoms with van der Waals surface area (Å²) in [6.07, 6.45) is 1.56. The molecular weight excluding hydrogens is 107 g/mol. The molecular formula is C6H11FO. The molecule has 0 aromatic rings. The van der Waals surface area contributed by atoms with Gasteiger partial charge in [0.2, 0.25) is 0 Å². The lowest BCUT2D eigenvalue weighted by molar-refractivity contribution is 0.0940. The molecule has 0 aliphatic heterocycles. The van der Waals surface area contributed by atoms with E-state index in [1.165, 1.54) is 0 Å². The van der Waals surface area contributed by atoms with Crippen LogP contribution in [0.25, 0.3) is 0 Å². The first-order valence-electron chi connectivity index (χ1n) is 3.11. The molecule has 1 fully saturated rings. The van der Waals surface area contributed by atoms with Gasteiger partial charge in [0.25, 0.3) is 0 Å².